The summed E-state index contributed by atoms with van der Waals surface area (Å²) in [4.78, 5) is 11.3. The van der Waals surface area contributed by atoms with E-state index in [2.05, 4.69) is 24.2 Å². The van der Waals surface area contributed by atoms with Gasteiger partial charge in [0.2, 0.25) is 0 Å². The van der Waals surface area contributed by atoms with E-state index in [9.17, 15) is 4.79 Å². The van der Waals surface area contributed by atoms with Crippen molar-refractivity contribution in [3.63, 3.8) is 0 Å². The first-order chi connectivity index (χ1) is 7.50. The van der Waals surface area contributed by atoms with E-state index in [1.165, 1.54) is 5.56 Å². The highest BCUT2D eigenvalue weighted by Crippen LogP contribution is 2.28. The molecule has 2 aromatic rings. The van der Waals surface area contributed by atoms with E-state index in [1.807, 2.05) is 13.8 Å². The lowest BCUT2D eigenvalue weighted by atomic mass is 9.96. The van der Waals surface area contributed by atoms with Crippen LogP contribution in [0.15, 0.2) is 21.5 Å². The Labute approximate surface area is 94.1 Å². The fourth-order valence-corrected chi connectivity index (χ4v) is 2.17. The fourth-order valence-electron chi connectivity index (χ4n) is 2.17. The van der Waals surface area contributed by atoms with Crippen molar-refractivity contribution < 1.29 is 4.52 Å². The molecular weight excluding hydrogens is 202 g/mol. The maximum absolute atomic E-state index is 11.3. The Balaban J connectivity index is 2.74. The van der Waals surface area contributed by atoms with Crippen molar-refractivity contribution in [2.75, 3.05) is 0 Å². The van der Waals surface area contributed by atoms with Crippen LogP contribution < -0.4 is 5.63 Å². The molecule has 1 N–H and O–H groups in total. The van der Waals surface area contributed by atoms with Gasteiger partial charge in [0, 0.05) is 5.56 Å². The molecule has 0 aliphatic rings. The maximum atomic E-state index is 11.3. The molecule has 1 aromatic carbocycles. The first-order valence-corrected chi connectivity index (χ1v) is 5.27. The third-order valence-corrected chi connectivity index (χ3v) is 2.85. The second-order valence-corrected chi connectivity index (χ2v) is 4.27. The number of hydrogen-bond acceptors (Lipinski definition) is 2. The molecule has 0 spiro atoms. The minimum absolute atomic E-state index is 0.297. The summed E-state index contributed by atoms with van der Waals surface area (Å²) in [5.74, 6) is 0. The number of aromatic amines is 1. The van der Waals surface area contributed by atoms with Crippen LogP contribution in [0.25, 0.3) is 11.3 Å². The molecule has 0 atom stereocenters. The summed E-state index contributed by atoms with van der Waals surface area (Å²) < 4.78 is 4.81. The molecule has 84 valence electrons. The lowest BCUT2D eigenvalue weighted by Gasteiger charge is -2.09. The van der Waals surface area contributed by atoms with Crippen LogP contribution in [0.2, 0.25) is 0 Å². The molecule has 0 bridgehead atoms. The van der Waals surface area contributed by atoms with Crippen LogP contribution in [0.5, 0.6) is 0 Å². The van der Waals surface area contributed by atoms with Gasteiger partial charge in [0.05, 0.1) is 11.3 Å². The molecular formula is C13H15NO2. The van der Waals surface area contributed by atoms with Crippen molar-refractivity contribution >= 4 is 0 Å². The zero-order chi connectivity index (χ0) is 11.9. The van der Waals surface area contributed by atoms with E-state index >= 15 is 0 Å². The number of rotatable bonds is 1. The molecule has 1 heterocycles. The summed E-state index contributed by atoms with van der Waals surface area (Å²) in [5.41, 5.74) is 5.72. The quantitative estimate of drug-likeness (QED) is 0.798. The molecule has 0 aliphatic carbocycles. The van der Waals surface area contributed by atoms with Gasteiger partial charge in [-0.3, -0.25) is 0 Å². The van der Waals surface area contributed by atoms with Crippen molar-refractivity contribution in [3.8, 4) is 11.3 Å². The molecule has 0 aliphatic heterocycles. The van der Waals surface area contributed by atoms with E-state index < -0.39 is 0 Å². The molecule has 0 radical (unpaired) electrons. The smallest absolute Gasteiger partial charge is 0.338 e. The van der Waals surface area contributed by atoms with Gasteiger partial charge in [-0.1, -0.05) is 17.7 Å². The number of benzene rings is 1. The van der Waals surface area contributed by atoms with E-state index in [1.54, 1.807) is 6.92 Å². The Kier molecular flexibility index (Phi) is 2.46. The minimum atomic E-state index is -0.297. The van der Waals surface area contributed by atoms with Crippen LogP contribution in [0, 0.1) is 27.7 Å². The summed E-state index contributed by atoms with van der Waals surface area (Å²) in [7, 11) is 0. The zero-order valence-electron chi connectivity index (χ0n) is 9.97. The fraction of sp³-hybridized carbons (Fsp3) is 0.308. The highest BCUT2D eigenvalue weighted by molar-refractivity contribution is 5.70. The second-order valence-electron chi connectivity index (χ2n) is 4.27. The number of H-pyrrole nitrogens is 1. The largest absolute Gasteiger partial charge is 0.360 e. The number of aromatic nitrogens is 1. The lowest BCUT2D eigenvalue weighted by Crippen LogP contribution is -1.97. The van der Waals surface area contributed by atoms with E-state index in [-0.39, 0.29) is 5.63 Å². The van der Waals surface area contributed by atoms with Crippen LogP contribution in [0.3, 0.4) is 0 Å². The third kappa shape index (κ3) is 1.58. The first kappa shape index (κ1) is 10.7. The van der Waals surface area contributed by atoms with Crippen LogP contribution in [0.4, 0.5) is 0 Å². The monoisotopic (exact) mass is 217 g/mol. The molecule has 3 nitrogen and oxygen atoms in total. The summed E-state index contributed by atoms with van der Waals surface area (Å²) >= 11 is 0. The lowest BCUT2D eigenvalue weighted by molar-refractivity contribution is 0.392. The number of nitrogens with one attached hydrogen (secondary N) is 1. The van der Waals surface area contributed by atoms with Crippen LogP contribution >= 0.6 is 0 Å². The van der Waals surface area contributed by atoms with Gasteiger partial charge in [-0.05, 0) is 38.8 Å². The van der Waals surface area contributed by atoms with Gasteiger partial charge in [0.15, 0.2) is 0 Å². The summed E-state index contributed by atoms with van der Waals surface area (Å²) in [6, 6.07) is 4.21. The zero-order valence-corrected chi connectivity index (χ0v) is 9.97. The molecule has 3 heteroatoms. The van der Waals surface area contributed by atoms with Gasteiger partial charge in [-0.2, -0.15) is 0 Å². The first-order valence-electron chi connectivity index (χ1n) is 5.27. The maximum Gasteiger partial charge on any atom is 0.360 e. The Bertz CT molecular complexity index is 567. The molecule has 0 unspecified atom stereocenters. The van der Waals surface area contributed by atoms with Crippen molar-refractivity contribution in [3.05, 3.63) is 44.8 Å². The van der Waals surface area contributed by atoms with Crippen molar-refractivity contribution in [2.24, 2.45) is 0 Å². The van der Waals surface area contributed by atoms with Crippen LogP contribution in [-0.2, 0) is 0 Å². The predicted molar refractivity (Wildman–Crippen MR) is 63.7 cm³/mol. The van der Waals surface area contributed by atoms with Gasteiger partial charge < -0.3 is 4.52 Å². The standard InChI is InChI=1S/C13H15NO2/c1-7-5-8(2)11(9(3)6-7)12-10(4)13(15)16-14-12/h5-6,14H,1-4H3. The van der Waals surface area contributed by atoms with E-state index in [0.717, 1.165) is 22.4 Å². The Hall–Kier alpha value is -1.77. The van der Waals surface area contributed by atoms with Gasteiger partial charge in [-0.15, -0.1) is 0 Å². The van der Waals surface area contributed by atoms with Crippen LogP contribution in [-0.4, -0.2) is 5.16 Å². The van der Waals surface area contributed by atoms with Crippen molar-refractivity contribution in [1.29, 1.82) is 0 Å². The molecule has 0 amide bonds. The minimum Gasteiger partial charge on any atom is -0.338 e. The van der Waals surface area contributed by atoms with Gasteiger partial charge >= 0.3 is 5.63 Å². The summed E-state index contributed by atoms with van der Waals surface area (Å²) in [6.45, 7) is 7.92. The Morgan fingerprint density at radius 3 is 2.06 bits per heavy atom. The predicted octanol–water partition coefficient (Wildman–Crippen LogP) is 2.87. The number of aryl methyl sites for hydroxylation is 3. The van der Waals surface area contributed by atoms with Crippen LogP contribution in [0.1, 0.15) is 22.3 Å². The summed E-state index contributed by atoms with van der Waals surface area (Å²) in [6.07, 6.45) is 0. The molecule has 0 saturated heterocycles. The Morgan fingerprint density at radius 2 is 1.62 bits per heavy atom. The van der Waals surface area contributed by atoms with Gasteiger partial charge in [0.1, 0.15) is 0 Å². The van der Waals surface area contributed by atoms with E-state index in [0.29, 0.717) is 5.56 Å². The highest BCUT2D eigenvalue weighted by atomic mass is 16.5. The topological polar surface area (TPSA) is 46.0 Å². The SMILES string of the molecule is Cc1cc(C)c(-c2[nH]oc(=O)c2C)c(C)c1. The number of hydrogen-bond donors (Lipinski definition) is 1. The average Bonchev–Trinajstić information content (AvgIpc) is 2.48. The molecule has 2 rings (SSSR count). The van der Waals surface area contributed by atoms with Gasteiger partial charge in [-0.25, -0.2) is 9.95 Å². The molecule has 0 fully saturated rings. The second kappa shape index (κ2) is 3.67. The summed E-state index contributed by atoms with van der Waals surface area (Å²) in [5, 5.41) is 2.70. The van der Waals surface area contributed by atoms with E-state index in [4.69, 9.17) is 4.52 Å². The van der Waals surface area contributed by atoms with Crippen molar-refractivity contribution in [2.45, 2.75) is 27.7 Å². The average molecular weight is 217 g/mol. The van der Waals surface area contributed by atoms with Gasteiger partial charge in [0.25, 0.3) is 0 Å². The normalized spacial score (nSPS) is 10.8. The Morgan fingerprint density at radius 1 is 1.06 bits per heavy atom. The van der Waals surface area contributed by atoms with Crippen molar-refractivity contribution in [1.82, 2.24) is 5.16 Å². The molecule has 0 saturated carbocycles. The highest BCUT2D eigenvalue weighted by Gasteiger charge is 2.13. The molecule has 1 aromatic heterocycles. The third-order valence-electron chi connectivity index (χ3n) is 2.85. The molecule has 16 heavy (non-hydrogen) atoms.